The molecular formula is C15H23N3O2. The SMILES string of the molecule is Cc1ccc(C(C(C)N)N2CCN3C(=O)CCC3C2)o1. The van der Waals surface area contributed by atoms with Crippen molar-refractivity contribution >= 4 is 5.91 Å². The van der Waals surface area contributed by atoms with Gasteiger partial charge in [-0.3, -0.25) is 9.69 Å². The Morgan fingerprint density at radius 2 is 2.20 bits per heavy atom. The summed E-state index contributed by atoms with van der Waals surface area (Å²) in [6, 6.07) is 4.47. The minimum atomic E-state index is 0.00389. The van der Waals surface area contributed by atoms with E-state index >= 15 is 0 Å². The summed E-state index contributed by atoms with van der Waals surface area (Å²) in [5.41, 5.74) is 6.19. The first-order chi connectivity index (χ1) is 9.56. The quantitative estimate of drug-likeness (QED) is 0.904. The molecule has 20 heavy (non-hydrogen) atoms. The number of carbonyl (C=O) groups excluding carboxylic acids is 1. The number of amides is 1. The van der Waals surface area contributed by atoms with Crippen LogP contribution in [0.4, 0.5) is 0 Å². The van der Waals surface area contributed by atoms with Gasteiger partial charge < -0.3 is 15.1 Å². The Labute approximate surface area is 119 Å². The lowest BCUT2D eigenvalue weighted by Gasteiger charge is -2.42. The maximum absolute atomic E-state index is 11.8. The van der Waals surface area contributed by atoms with Gasteiger partial charge in [-0.1, -0.05) is 0 Å². The molecule has 1 aromatic heterocycles. The highest BCUT2D eigenvalue weighted by atomic mass is 16.3. The van der Waals surface area contributed by atoms with Gasteiger partial charge in [0.2, 0.25) is 5.91 Å². The summed E-state index contributed by atoms with van der Waals surface area (Å²) in [6.07, 6.45) is 1.67. The molecule has 0 aromatic carbocycles. The number of piperazine rings is 1. The maximum atomic E-state index is 11.8. The van der Waals surface area contributed by atoms with Crippen molar-refractivity contribution in [3.63, 3.8) is 0 Å². The number of carbonyl (C=O) groups is 1. The Hall–Kier alpha value is -1.33. The second-order valence-corrected chi connectivity index (χ2v) is 6.03. The summed E-state index contributed by atoms with van der Waals surface area (Å²) in [5.74, 6) is 2.16. The molecule has 2 fully saturated rings. The smallest absolute Gasteiger partial charge is 0.222 e. The molecule has 0 saturated carbocycles. The van der Waals surface area contributed by atoms with Crippen molar-refractivity contribution in [3.8, 4) is 0 Å². The molecule has 2 saturated heterocycles. The van der Waals surface area contributed by atoms with E-state index in [1.807, 2.05) is 30.9 Å². The van der Waals surface area contributed by atoms with Gasteiger partial charge in [0.1, 0.15) is 11.5 Å². The highest BCUT2D eigenvalue weighted by Gasteiger charge is 2.39. The average molecular weight is 277 g/mol. The molecule has 2 aliphatic rings. The summed E-state index contributed by atoms with van der Waals surface area (Å²) in [5, 5.41) is 0. The van der Waals surface area contributed by atoms with E-state index in [1.165, 1.54) is 0 Å². The first kappa shape index (κ1) is 13.6. The van der Waals surface area contributed by atoms with Crippen LogP contribution in [0.2, 0.25) is 0 Å². The molecule has 0 radical (unpaired) electrons. The third-order valence-corrected chi connectivity index (χ3v) is 4.47. The molecule has 5 nitrogen and oxygen atoms in total. The number of nitrogens with zero attached hydrogens (tertiary/aromatic N) is 2. The van der Waals surface area contributed by atoms with Gasteiger partial charge in [-0.25, -0.2) is 0 Å². The van der Waals surface area contributed by atoms with E-state index in [4.69, 9.17) is 10.2 Å². The van der Waals surface area contributed by atoms with Gasteiger partial charge in [0.05, 0.1) is 6.04 Å². The summed E-state index contributed by atoms with van der Waals surface area (Å²) in [4.78, 5) is 16.2. The summed E-state index contributed by atoms with van der Waals surface area (Å²) < 4.78 is 5.79. The lowest BCUT2D eigenvalue weighted by Crippen LogP contribution is -2.54. The predicted molar refractivity (Wildman–Crippen MR) is 76.1 cm³/mol. The number of hydrogen-bond acceptors (Lipinski definition) is 4. The normalized spacial score (nSPS) is 26.6. The molecule has 2 aliphatic heterocycles. The zero-order chi connectivity index (χ0) is 14.3. The van der Waals surface area contributed by atoms with Gasteiger partial charge >= 0.3 is 0 Å². The standard InChI is InChI=1S/C15H23N3O2/c1-10-3-5-13(20-10)15(11(2)16)17-7-8-18-12(9-17)4-6-14(18)19/h3,5,11-12,15H,4,6-9,16H2,1-2H3. The Morgan fingerprint density at radius 1 is 1.40 bits per heavy atom. The van der Waals surface area contributed by atoms with Crippen LogP contribution in [0, 0.1) is 6.92 Å². The number of rotatable bonds is 3. The van der Waals surface area contributed by atoms with Gasteiger partial charge in [-0.05, 0) is 32.4 Å². The van der Waals surface area contributed by atoms with Crippen LogP contribution in [-0.2, 0) is 4.79 Å². The Morgan fingerprint density at radius 3 is 2.85 bits per heavy atom. The van der Waals surface area contributed by atoms with Crippen molar-refractivity contribution in [3.05, 3.63) is 23.7 Å². The van der Waals surface area contributed by atoms with Crippen LogP contribution in [0.25, 0.3) is 0 Å². The third kappa shape index (κ3) is 2.36. The van der Waals surface area contributed by atoms with Crippen molar-refractivity contribution in [2.75, 3.05) is 19.6 Å². The van der Waals surface area contributed by atoms with E-state index in [-0.39, 0.29) is 12.1 Å². The van der Waals surface area contributed by atoms with Crippen LogP contribution >= 0.6 is 0 Å². The first-order valence-corrected chi connectivity index (χ1v) is 7.41. The molecule has 5 heteroatoms. The van der Waals surface area contributed by atoms with E-state index in [0.29, 0.717) is 18.4 Å². The number of furan rings is 1. The largest absolute Gasteiger partial charge is 0.465 e. The third-order valence-electron chi connectivity index (χ3n) is 4.47. The molecule has 3 heterocycles. The van der Waals surface area contributed by atoms with E-state index in [1.54, 1.807) is 0 Å². The maximum Gasteiger partial charge on any atom is 0.222 e. The average Bonchev–Trinajstić information content (AvgIpc) is 2.97. The zero-order valence-electron chi connectivity index (χ0n) is 12.2. The topological polar surface area (TPSA) is 62.7 Å². The number of hydrogen-bond donors (Lipinski definition) is 1. The Bertz CT molecular complexity index is 497. The van der Waals surface area contributed by atoms with Gasteiger partial charge in [0.15, 0.2) is 0 Å². The molecular weight excluding hydrogens is 254 g/mol. The minimum absolute atomic E-state index is 0.00389. The lowest BCUT2D eigenvalue weighted by atomic mass is 10.0. The molecule has 0 bridgehead atoms. The van der Waals surface area contributed by atoms with Crippen LogP contribution in [0.3, 0.4) is 0 Å². The summed E-state index contributed by atoms with van der Waals surface area (Å²) in [6.45, 7) is 6.56. The van der Waals surface area contributed by atoms with Gasteiger partial charge in [0.25, 0.3) is 0 Å². The van der Waals surface area contributed by atoms with Crippen molar-refractivity contribution in [1.29, 1.82) is 0 Å². The van der Waals surface area contributed by atoms with E-state index in [9.17, 15) is 4.79 Å². The fraction of sp³-hybridized carbons (Fsp3) is 0.667. The summed E-state index contributed by atoms with van der Waals surface area (Å²) >= 11 is 0. The second kappa shape index (κ2) is 5.22. The molecule has 1 amide bonds. The Balaban J connectivity index is 1.78. The van der Waals surface area contributed by atoms with E-state index in [2.05, 4.69) is 4.90 Å². The molecule has 2 N–H and O–H groups in total. The summed E-state index contributed by atoms with van der Waals surface area (Å²) in [7, 11) is 0. The van der Waals surface area contributed by atoms with Crippen LogP contribution in [0.1, 0.15) is 37.3 Å². The van der Waals surface area contributed by atoms with E-state index < -0.39 is 0 Å². The number of fused-ring (bicyclic) bond motifs is 1. The van der Waals surface area contributed by atoms with Crippen molar-refractivity contribution < 1.29 is 9.21 Å². The number of aryl methyl sites for hydroxylation is 1. The van der Waals surface area contributed by atoms with Crippen molar-refractivity contribution in [1.82, 2.24) is 9.80 Å². The first-order valence-electron chi connectivity index (χ1n) is 7.41. The highest BCUT2D eigenvalue weighted by Crippen LogP contribution is 2.31. The van der Waals surface area contributed by atoms with Crippen molar-refractivity contribution in [2.24, 2.45) is 5.73 Å². The molecule has 3 rings (SSSR count). The fourth-order valence-corrected chi connectivity index (χ4v) is 3.53. The van der Waals surface area contributed by atoms with Gasteiger partial charge in [-0.15, -0.1) is 0 Å². The lowest BCUT2D eigenvalue weighted by molar-refractivity contribution is -0.131. The fourth-order valence-electron chi connectivity index (χ4n) is 3.53. The van der Waals surface area contributed by atoms with Gasteiger partial charge in [-0.2, -0.15) is 0 Å². The van der Waals surface area contributed by atoms with Crippen molar-refractivity contribution in [2.45, 2.75) is 44.8 Å². The van der Waals surface area contributed by atoms with Crippen LogP contribution in [0.5, 0.6) is 0 Å². The Kier molecular flexibility index (Phi) is 3.56. The van der Waals surface area contributed by atoms with E-state index in [0.717, 1.165) is 37.6 Å². The minimum Gasteiger partial charge on any atom is -0.465 e. The predicted octanol–water partition coefficient (Wildman–Crippen LogP) is 1.28. The van der Waals surface area contributed by atoms with Crippen LogP contribution in [-0.4, -0.2) is 47.4 Å². The number of nitrogens with two attached hydrogens (primary N) is 1. The molecule has 110 valence electrons. The molecule has 0 aliphatic carbocycles. The zero-order valence-corrected chi connectivity index (χ0v) is 12.2. The van der Waals surface area contributed by atoms with Crippen LogP contribution in [0.15, 0.2) is 16.5 Å². The molecule has 3 unspecified atom stereocenters. The molecule has 3 atom stereocenters. The molecule has 1 aromatic rings. The van der Waals surface area contributed by atoms with Gasteiger partial charge in [0, 0.05) is 38.1 Å². The second-order valence-electron chi connectivity index (χ2n) is 6.03. The monoisotopic (exact) mass is 277 g/mol. The molecule has 0 spiro atoms. The highest BCUT2D eigenvalue weighted by molar-refractivity contribution is 5.78. The van der Waals surface area contributed by atoms with Crippen LogP contribution < -0.4 is 5.73 Å².